The molecule has 0 saturated carbocycles. The summed E-state index contributed by atoms with van der Waals surface area (Å²) in [4.78, 5) is 29.0. The van der Waals surface area contributed by atoms with Crippen molar-refractivity contribution >= 4 is 24.8 Å². The van der Waals surface area contributed by atoms with E-state index in [1.165, 1.54) is 17.2 Å². The molecule has 1 saturated heterocycles. The summed E-state index contributed by atoms with van der Waals surface area (Å²) in [5, 5.41) is 9.83. The van der Waals surface area contributed by atoms with Crippen LogP contribution in [-0.2, 0) is 13.8 Å². The van der Waals surface area contributed by atoms with E-state index in [1.807, 2.05) is 0 Å². The Morgan fingerprint density at radius 1 is 1.43 bits per heavy atom. The lowest BCUT2D eigenvalue weighted by atomic mass is 10.1. The van der Waals surface area contributed by atoms with Crippen LogP contribution in [0.3, 0.4) is 0 Å². The van der Waals surface area contributed by atoms with Crippen LogP contribution in [0.15, 0.2) is 12.7 Å². The normalized spacial score (nSPS) is 28.5. The molecule has 126 valence electrons. The zero-order chi connectivity index (χ0) is 16.8. The Bertz CT molecular complexity index is 767. The number of hydrogen-bond acceptors (Lipinski definition) is 8. The predicted molar refractivity (Wildman–Crippen MR) is 72.5 cm³/mol. The van der Waals surface area contributed by atoms with Crippen molar-refractivity contribution in [2.75, 3.05) is 12.3 Å². The number of fused-ring (bicyclic) bond motifs is 1. The van der Waals surface area contributed by atoms with Crippen LogP contribution in [0.2, 0.25) is 0 Å². The number of imidazole rings is 1. The van der Waals surface area contributed by atoms with Gasteiger partial charge in [-0.25, -0.2) is 23.9 Å². The predicted octanol–water partition coefficient (Wildman–Crippen LogP) is -0.886. The van der Waals surface area contributed by atoms with Crippen molar-refractivity contribution in [3.05, 3.63) is 12.7 Å². The van der Waals surface area contributed by atoms with Crippen molar-refractivity contribution in [2.45, 2.75) is 24.6 Å². The second-order valence-electron chi connectivity index (χ2n) is 4.87. The van der Waals surface area contributed by atoms with Gasteiger partial charge in [0.1, 0.15) is 24.1 Å². The Labute approximate surface area is 128 Å². The molecule has 5 N–H and O–H groups in total. The summed E-state index contributed by atoms with van der Waals surface area (Å²) in [6.07, 6.45) is -3.68. The molecule has 1 aliphatic rings. The average Bonchev–Trinajstić information content (AvgIpc) is 3.01. The van der Waals surface area contributed by atoms with Crippen LogP contribution in [0.1, 0.15) is 6.23 Å². The summed E-state index contributed by atoms with van der Waals surface area (Å²) in [6.45, 7) is -0.674. The van der Waals surface area contributed by atoms with Gasteiger partial charge in [0.15, 0.2) is 23.9 Å². The van der Waals surface area contributed by atoms with Gasteiger partial charge in [-0.15, -0.1) is 0 Å². The number of anilines is 1. The van der Waals surface area contributed by atoms with Gasteiger partial charge in [0.2, 0.25) is 0 Å². The van der Waals surface area contributed by atoms with Gasteiger partial charge in [-0.2, -0.15) is 0 Å². The molecule has 0 bridgehead atoms. The number of hydrogen-bond donors (Lipinski definition) is 4. The summed E-state index contributed by atoms with van der Waals surface area (Å²) in [5.41, 5.74) is 6.08. The number of phosphoric acid groups is 1. The third-order valence-corrected chi connectivity index (χ3v) is 3.85. The highest BCUT2D eigenvalue weighted by Crippen LogP contribution is 2.39. The number of nitrogens with two attached hydrogens (primary N) is 1. The Balaban J connectivity index is 1.85. The number of halogens is 1. The van der Waals surface area contributed by atoms with E-state index in [0.717, 1.165) is 0 Å². The van der Waals surface area contributed by atoms with Crippen LogP contribution >= 0.6 is 7.82 Å². The van der Waals surface area contributed by atoms with Crippen molar-refractivity contribution in [2.24, 2.45) is 0 Å². The van der Waals surface area contributed by atoms with Crippen molar-refractivity contribution < 1.29 is 33.1 Å². The third kappa shape index (κ3) is 3.04. The number of alkyl halides is 1. The van der Waals surface area contributed by atoms with Crippen LogP contribution < -0.4 is 5.73 Å². The number of aliphatic hydroxyl groups is 1. The molecule has 1 aliphatic heterocycles. The summed E-state index contributed by atoms with van der Waals surface area (Å²) in [5.74, 6) is 0.101. The van der Waals surface area contributed by atoms with Crippen molar-refractivity contribution in [1.82, 2.24) is 19.5 Å². The molecule has 3 rings (SSSR count). The molecule has 23 heavy (non-hydrogen) atoms. The number of aliphatic hydroxyl groups excluding tert-OH is 1. The van der Waals surface area contributed by atoms with Crippen molar-refractivity contribution in [3.8, 4) is 0 Å². The second kappa shape index (κ2) is 5.74. The van der Waals surface area contributed by atoms with Gasteiger partial charge < -0.3 is 25.4 Å². The fourth-order valence-corrected chi connectivity index (χ4v) is 2.63. The largest absolute Gasteiger partial charge is 0.469 e. The minimum atomic E-state index is -4.76. The number of rotatable bonds is 4. The number of nitrogen functional groups attached to an aromatic ring is 1. The van der Waals surface area contributed by atoms with E-state index in [2.05, 4.69) is 19.5 Å². The summed E-state index contributed by atoms with van der Waals surface area (Å²) < 4.78 is 35.8. The number of aromatic nitrogens is 4. The Morgan fingerprint density at radius 2 is 2.17 bits per heavy atom. The Kier molecular flexibility index (Phi) is 4.04. The molecule has 0 spiro atoms. The van der Waals surface area contributed by atoms with E-state index in [9.17, 15) is 14.1 Å². The lowest BCUT2D eigenvalue weighted by Crippen LogP contribution is -2.31. The molecule has 0 radical (unpaired) electrons. The summed E-state index contributed by atoms with van der Waals surface area (Å²) in [6, 6.07) is 0. The second-order valence-corrected chi connectivity index (χ2v) is 6.11. The maximum absolute atomic E-state index is 14.3. The van der Waals surface area contributed by atoms with Crippen LogP contribution in [0, 0.1) is 0 Å². The highest BCUT2D eigenvalue weighted by Gasteiger charge is 2.46. The van der Waals surface area contributed by atoms with Crippen LogP contribution in [0.25, 0.3) is 11.2 Å². The third-order valence-electron chi connectivity index (χ3n) is 3.36. The lowest BCUT2D eigenvalue weighted by Gasteiger charge is -2.15. The van der Waals surface area contributed by atoms with E-state index in [0.29, 0.717) is 0 Å². The molecule has 2 aromatic heterocycles. The average molecular weight is 349 g/mol. The first-order valence-corrected chi connectivity index (χ1v) is 7.91. The monoisotopic (exact) mass is 349 g/mol. The molecule has 0 aromatic carbocycles. The van der Waals surface area contributed by atoms with Crippen molar-refractivity contribution in [1.29, 1.82) is 0 Å². The van der Waals surface area contributed by atoms with Gasteiger partial charge in [0.25, 0.3) is 0 Å². The first-order chi connectivity index (χ1) is 10.8. The van der Waals surface area contributed by atoms with E-state index in [1.54, 1.807) is 0 Å². The quantitative estimate of drug-likeness (QED) is 0.509. The number of ether oxygens (including phenoxy) is 1. The number of phosphoric ester groups is 1. The first-order valence-electron chi connectivity index (χ1n) is 6.38. The highest BCUT2D eigenvalue weighted by atomic mass is 31.2. The molecular formula is C10H13FN5O6P. The smallest absolute Gasteiger partial charge is 0.387 e. The molecular weight excluding hydrogens is 336 g/mol. The first kappa shape index (κ1) is 16.2. The topological polar surface area (TPSA) is 166 Å². The zero-order valence-electron chi connectivity index (χ0n) is 11.4. The fourth-order valence-electron chi connectivity index (χ4n) is 2.29. The van der Waals surface area contributed by atoms with E-state index < -0.39 is 39.0 Å². The SMILES string of the molecule is Nc1ncnc2c1ncn2[C@@H]1O[C@H](COP(=O)(O)O)[C@H](O)[C@H]1F. The summed E-state index contributed by atoms with van der Waals surface area (Å²) >= 11 is 0. The Morgan fingerprint density at radius 3 is 2.87 bits per heavy atom. The van der Waals surface area contributed by atoms with Gasteiger partial charge in [0, 0.05) is 0 Å². The molecule has 2 aromatic rings. The van der Waals surface area contributed by atoms with Crippen molar-refractivity contribution in [3.63, 3.8) is 0 Å². The maximum Gasteiger partial charge on any atom is 0.469 e. The van der Waals surface area contributed by atoms with E-state index in [4.69, 9.17) is 20.3 Å². The van der Waals surface area contributed by atoms with Crippen LogP contribution in [0.4, 0.5) is 10.2 Å². The molecule has 4 atom stereocenters. The summed E-state index contributed by atoms with van der Waals surface area (Å²) in [7, 11) is -4.76. The van der Waals surface area contributed by atoms with Crippen LogP contribution in [-0.4, -0.2) is 59.4 Å². The minimum Gasteiger partial charge on any atom is -0.387 e. The van der Waals surface area contributed by atoms with Gasteiger partial charge in [-0.3, -0.25) is 9.09 Å². The van der Waals surface area contributed by atoms with E-state index >= 15 is 0 Å². The molecule has 1 fully saturated rings. The van der Waals surface area contributed by atoms with Gasteiger partial charge in [-0.1, -0.05) is 0 Å². The molecule has 0 aliphatic carbocycles. The van der Waals surface area contributed by atoms with Gasteiger partial charge >= 0.3 is 7.82 Å². The Hall–Kier alpha value is -1.69. The minimum absolute atomic E-state index is 0.101. The maximum atomic E-state index is 14.3. The molecule has 11 nitrogen and oxygen atoms in total. The standard InChI is InChI=1S/C10H13FN5O6P/c11-5-7(17)4(1-21-23(18,19)20)22-10(5)16-3-15-6-8(12)13-2-14-9(6)16/h2-5,7,10,17H,1H2,(H2,12,13,14)(H2,18,19,20)/t4-,5-,7+,10-/m1/s1. The molecule has 3 heterocycles. The molecule has 0 unspecified atom stereocenters. The van der Waals surface area contributed by atoms with Gasteiger partial charge in [-0.05, 0) is 0 Å². The van der Waals surface area contributed by atoms with Gasteiger partial charge in [0.05, 0.1) is 12.9 Å². The molecule has 0 amide bonds. The zero-order valence-corrected chi connectivity index (χ0v) is 12.3. The molecule has 13 heteroatoms. The van der Waals surface area contributed by atoms with Crippen LogP contribution in [0.5, 0.6) is 0 Å². The van der Waals surface area contributed by atoms with E-state index in [-0.39, 0.29) is 17.0 Å². The highest BCUT2D eigenvalue weighted by molar-refractivity contribution is 7.46. The fraction of sp³-hybridized carbons (Fsp3) is 0.500. The number of nitrogens with zero attached hydrogens (tertiary/aromatic N) is 4. The lowest BCUT2D eigenvalue weighted by molar-refractivity contribution is -0.0451.